The van der Waals surface area contributed by atoms with Gasteiger partial charge >= 0.3 is 46.7 Å². The standard InChI is InChI=1S/C4H9.3ClH.Sn/c1-3-4-2;;;;/h3H,4H2,1-2H3;3*1H;. The van der Waals surface area contributed by atoms with Gasteiger partial charge in [0.2, 0.25) is 0 Å². The van der Waals surface area contributed by atoms with E-state index >= 15 is 0 Å². The van der Waals surface area contributed by atoms with Gasteiger partial charge in [-0.05, 0) is 0 Å². The molecular weight excluding hydrogens is 273 g/mol. The molecule has 0 rings (SSSR count). The molecule has 0 spiro atoms. The molecule has 0 aliphatic heterocycles. The van der Waals surface area contributed by atoms with Crippen molar-refractivity contribution >= 4 is 59.7 Å². The van der Waals surface area contributed by atoms with Gasteiger partial charge in [0.15, 0.2) is 0 Å². The third-order valence-electron chi connectivity index (χ3n) is 0.612. The molecule has 3 radical (unpaired) electrons. The zero-order valence-corrected chi connectivity index (χ0v) is 10.3. The van der Waals surface area contributed by atoms with Crippen molar-refractivity contribution in [3.8, 4) is 0 Å². The fraction of sp³-hybridized carbons (Fsp3) is 1.00. The van der Waals surface area contributed by atoms with Gasteiger partial charge in [0.05, 0.1) is 0 Å². The van der Waals surface area contributed by atoms with Crippen LogP contribution in [-0.4, -0.2) is 22.5 Å². The molecule has 1 unspecified atom stereocenters. The van der Waals surface area contributed by atoms with Crippen molar-refractivity contribution in [1.29, 1.82) is 0 Å². The average Bonchev–Trinajstić information content (AvgIpc) is 1.38. The number of rotatable bonds is 1. The smallest absolute Gasteiger partial charge is 0.147 e. The van der Waals surface area contributed by atoms with E-state index in [0.29, 0.717) is 0 Å². The molecule has 53 valence electrons. The Morgan fingerprint density at radius 2 is 1.38 bits per heavy atom. The van der Waals surface area contributed by atoms with Gasteiger partial charge in [-0.3, -0.25) is 0 Å². The molecule has 0 N–H and O–H groups in total. The van der Waals surface area contributed by atoms with Crippen LogP contribution in [0, 0.1) is 0 Å². The van der Waals surface area contributed by atoms with Crippen molar-refractivity contribution < 1.29 is 0 Å². The van der Waals surface area contributed by atoms with Crippen LogP contribution in [0.4, 0.5) is 0 Å². The second-order valence-electron chi connectivity index (χ2n) is 1.31. The van der Waals surface area contributed by atoms with Gasteiger partial charge in [0.25, 0.3) is 0 Å². The van der Waals surface area contributed by atoms with Crippen LogP contribution in [0.3, 0.4) is 0 Å². The van der Waals surface area contributed by atoms with E-state index < -0.39 is 0 Å². The summed E-state index contributed by atoms with van der Waals surface area (Å²) in [5, 5.41) is 0. The second kappa shape index (κ2) is 15.9. The van der Waals surface area contributed by atoms with E-state index in [1.165, 1.54) is 6.42 Å². The fourth-order valence-electron chi connectivity index (χ4n) is 0. The fourth-order valence-corrected chi connectivity index (χ4v) is 0. The van der Waals surface area contributed by atoms with Crippen molar-refractivity contribution in [2.75, 3.05) is 0 Å². The van der Waals surface area contributed by atoms with E-state index in [1.807, 2.05) is 0 Å². The summed E-state index contributed by atoms with van der Waals surface area (Å²) in [7, 11) is 0. The molecule has 0 aromatic heterocycles. The molecule has 0 fully saturated rings. The van der Waals surface area contributed by atoms with Crippen molar-refractivity contribution in [2.45, 2.75) is 24.2 Å². The Hall–Kier alpha value is 1.67. The summed E-state index contributed by atoms with van der Waals surface area (Å²) < 4.78 is 0.974. The van der Waals surface area contributed by atoms with Crippen molar-refractivity contribution in [3.05, 3.63) is 0 Å². The molecule has 0 heterocycles. The first-order valence-corrected chi connectivity index (χ1v) is 3.63. The SMILES string of the molecule is CC[CH](C)[Sn].Cl.Cl.Cl. The predicted octanol–water partition coefficient (Wildman–Crippen LogP) is 2.64. The maximum atomic E-state index is 2.26. The molecule has 1 atom stereocenters. The van der Waals surface area contributed by atoms with Crippen LogP contribution in [0.2, 0.25) is 3.93 Å². The molecule has 0 saturated heterocycles. The summed E-state index contributed by atoms with van der Waals surface area (Å²) >= 11 is 1.67. The quantitative estimate of drug-likeness (QED) is 0.650. The van der Waals surface area contributed by atoms with Gasteiger partial charge < -0.3 is 0 Å². The minimum atomic E-state index is 0. The zero-order valence-electron chi connectivity index (χ0n) is 5.01. The van der Waals surface area contributed by atoms with Gasteiger partial charge in [0.1, 0.15) is 0 Å². The van der Waals surface area contributed by atoms with Crippen LogP contribution < -0.4 is 0 Å². The maximum absolute atomic E-state index is 2.26. The van der Waals surface area contributed by atoms with Gasteiger partial charge in [-0.15, -0.1) is 37.2 Å². The third-order valence-corrected chi connectivity index (χ3v) is 1.78. The van der Waals surface area contributed by atoms with Crippen LogP contribution in [0.25, 0.3) is 0 Å². The largest absolute Gasteiger partial charge is 0.147 e. The van der Waals surface area contributed by atoms with E-state index in [4.69, 9.17) is 0 Å². The first-order valence-electron chi connectivity index (χ1n) is 1.98. The van der Waals surface area contributed by atoms with Crippen LogP contribution in [0.1, 0.15) is 20.3 Å². The molecule has 0 saturated carbocycles. The summed E-state index contributed by atoms with van der Waals surface area (Å²) in [6, 6.07) is 0. The molecule has 4 heteroatoms. The van der Waals surface area contributed by atoms with E-state index in [9.17, 15) is 0 Å². The molecule has 0 aliphatic rings. The topological polar surface area (TPSA) is 0 Å². The van der Waals surface area contributed by atoms with Gasteiger partial charge in [-0.25, -0.2) is 0 Å². The Morgan fingerprint density at radius 3 is 1.38 bits per heavy atom. The summed E-state index contributed by atoms with van der Waals surface area (Å²) in [6.45, 7) is 4.48. The van der Waals surface area contributed by atoms with Gasteiger partial charge in [0, 0.05) is 0 Å². The van der Waals surface area contributed by atoms with E-state index in [0.717, 1.165) is 3.93 Å². The Bertz CT molecular complexity index is 25.2. The average molecular weight is 285 g/mol. The molecule has 8 heavy (non-hydrogen) atoms. The summed E-state index contributed by atoms with van der Waals surface area (Å²) in [6.07, 6.45) is 1.35. The van der Waals surface area contributed by atoms with Crippen molar-refractivity contribution in [1.82, 2.24) is 0 Å². The van der Waals surface area contributed by atoms with E-state index in [-0.39, 0.29) is 37.2 Å². The maximum Gasteiger partial charge on any atom is -0.147 e. The Labute approximate surface area is 83.5 Å². The normalized spacial score (nSPS) is 9.38. The van der Waals surface area contributed by atoms with Crippen molar-refractivity contribution in [3.63, 3.8) is 0 Å². The number of hydrogen-bond acceptors (Lipinski definition) is 0. The Balaban J connectivity index is -0.0000000267. The predicted molar refractivity (Wildman–Crippen MR) is 47.2 cm³/mol. The second-order valence-corrected chi connectivity index (χ2v) is 4.12. The molecule has 0 aromatic carbocycles. The Kier molecular flexibility index (Phi) is 44.8. The zero-order chi connectivity index (χ0) is 4.28. The third kappa shape index (κ3) is 25.3. The van der Waals surface area contributed by atoms with Gasteiger partial charge in [-0.1, -0.05) is 0 Å². The van der Waals surface area contributed by atoms with Crippen LogP contribution >= 0.6 is 37.2 Å². The molecule has 0 aromatic rings. The van der Waals surface area contributed by atoms with Crippen LogP contribution in [0.15, 0.2) is 0 Å². The van der Waals surface area contributed by atoms with Crippen LogP contribution in [-0.2, 0) is 0 Å². The van der Waals surface area contributed by atoms with Gasteiger partial charge in [-0.2, -0.15) is 0 Å². The summed E-state index contributed by atoms with van der Waals surface area (Å²) in [4.78, 5) is 0. The first-order chi connectivity index (χ1) is 2.27. The number of halogens is 3. The summed E-state index contributed by atoms with van der Waals surface area (Å²) in [5.41, 5.74) is 0. The summed E-state index contributed by atoms with van der Waals surface area (Å²) in [5.74, 6) is 0. The molecule has 0 nitrogen and oxygen atoms in total. The molecule has 0 aliphatic carbocycles. The monoisotopic (exact) mass is 285 g/mol. The molecular formula is C4H12Cl3Sn. The van der Waals surface area contributed by atoms with E-state index in [1.54, 1.807) is 22.5 Å². The Morgan fingerprint density at radius 1 is 1.25 bits per heavy atom. The van der Waals surface area contributed by atoms with E-state index in [2.05, 4.69) is 13.8 Å². The molecule has 0 bridgehead atoms. The first kappa shape index (κ1) is 22.6. The minimum Gasteiger partial charge on any atom is -0.147 e. The van der Waals surface area contributed by atoms with Crippen LogP contribution in [0.5, 0.6) is 0 Å². The number of hydrogen-bond donors (Lipinski definition) is 0. The van der Waals surface area contributed by atoms with Crippen molar-refractivity contribution in [2.24, 2.45) is 0 Å². The minimum absolute atomic E-state index is 0. The molecule has 0 amide bonds.